The van der Waals surface area contributed by atoms with Crippen molar-refractivity contribution in [2.75, 3.05) is 46.4 Å². The largest absolute Gasteiger partial charge is 0.357 e. The quantitative estimate of drug-likeness (QED) is 0.404. The molecule has 7 aliphatic rings. The van der Waals surface area contributed by atoms with Gasteiger partial charge in [-0.3, -0.25) is 19.8 Å². The molecule has 4 aliphatic carbocycles. The van der Waals surface area contributed by atoms with Crippen molar-refractivity contribution >= 4 is 11.8 Å². The summed E-state index contributed by atoms with van der Waals surface area (Å²) in [4.78, 5) is 30.0. The molecule has 248 valence electrons. The highest BCUT2D eigenvalue weighted by atomic mass is 16.5. The van der Waals surface area contributed by atoms with Gasteiger partial charge in [0.2, 0.25) is 11.8 Å². The lowest BCUT2D eigenvalue weighted by Crippen LogP contribution is -2.58. The predicted octanol–water partition coefficient (Wildman–Crippen LogP) is 4.20. The zero-order valence-electron chi connectivity index (χ0n) is 28.3. The SMILES string of the molecule is C[C@@H]1CC[C@@]2(NC1)O[C@H]1C[C@H]3[C@@H]4CC[C@H]5C[C@H](NC(=O)CC(=O)NCN6CCN(C)CC6)CC[C@]5(C)[C@H]4CC[C@]3(C)[C@H]1[C@@H]2C. The molecule has 0 aromatic heterocycles. The van der Waals surface area contributed by atoms with E-state index in [1.165, 1.54) is 51.4 Å². The standard InChI is InChI=1S/C36H61N5O3/c1-23-8-13-36(38-21-23)24(2)33-30(44-36)19-29-27-7-6-25-18-26(9-11-34(25,3)28(27)10-12-35(29,33)4)39-32(43)20-31(42)37-22-41-16-14-40(5)15-17-41/h23-30,33,38H,6-22H2,1-5H3,(H,37,42)(H,39,43)/t23-,24+,25+,26-,27-,28+,29+,30+,33+,34+,35+,36-/m1/s1. The fraction of sp³-hybridized carbons (Fsp3) is 0.944. The number of piperidine rings is 1. The zero-order valence-corrected chi connectivity index (χ0v) is 28.3. The van der Waals surface area contributed by atoms with Gasteiger partial charge in [0, 0.05) is 44.7 Å². The smallest absolute Gasteiger partial charge is 0.230 e. The second-order valence-electron chi connectivity index (χ2n) is 17.2. The van der Waals surface area contributed by atoms with E-state index in [-0.39, 0.29) is 30.0 Å². The Balaban J connectivity index is 0.927. The average molecular weight is 612 g/mol. The first-order valence-electron chi connectivity index (χ1n) is 18.4. The van der Waals surface area contributed by atoms with Crippen LogP contribution in [0.4, 0.5) is 0 Å². The third-order valence-electron chi connectivity index (χ3n) is 14.9. The fourth-order valence-electron chi connectivity index (χ4n) is 12.3. The third-order valence-corrected chi connectivity index (χ3v) is 14.9. The van der Waals surface area contributed by atoms with E-state index in [9.17, 15) is 9.59 Å². The van der Waals surface area contributed by atoms with Crippen molar-refractivity contribution in [2.24, 2.45) is 52.3 Å². The number of rotatable bonds is 5. The van der Waals surface area contributed by atoms with Gasteiger partial charge in [0.1, 0.15) is 12.1 Å². The molecule has 44 heavy (non-hydrogen) atoms. The molecule has 3 heterocycles. The summed E-state index contributed by atoms with van der Waals surface area (Å²) in [6.07, 6.45) is 12.8. The summed E-state index contributed by atoms with van der Waals surface area (Å²) >= 11 is 0. The van der Waals surface area contributed by atoms with Crippen LogP contribution >= 0.6 is 0 Å². The van der Waals surface area contributed by atoms with Gasteiger partial charge in [-0.2, -0.15) is 0 Å². The lowest BCUT2D eigenvalue weighted by molar-refractivity contribution is -0.137. The van der Waals surface area contributed by atoms with Gasteiger partial charge in [0.05, 0.1) is 12.8 Å². The normalized spacial score (nSPS) is 49.1. The van der Waals surface area contributed by atoms with E-state index in [2.05, 4.69) is 60.5 Å². The number of piperazine rings is 1. The van der Waals surface area contributed by atoms with Crippen LogP contribution in [0.25, 0.3) is 0 Å². The fourth-order valence-corrected chi connectivity index (χ4v) is 12.3. The lowest BCUT2D eigenvalue weighted by Gasteiger charge is -2.61. The first kappa shape index (κ1) is 31.4. The van der Waals surface area contributed by atoms with Crippen LogP contribution in [0.1, 0.15) is 98.3 Å². The minimum atomic E-state index is -0.160. The molecule has 8 heteroatoms. The van der Waals surface area contributed by atoms with Crippen molar-refractivity contribution < 1.29 is 14.3 Å². The van der Waals surface area contributed by atoms with E-state index < -0.39 is 0 Å². The van der Waals surface area contributed by atoms with E-state index in [1.54, 1.807) is 0 Å². The monoisotopic (exact) mass is 611 g/mol. The summed E-state index contributed by atoms with van der Waals surface area (Å²) < 4.78 is 7.09. The molecule has 12 atom stereocenters. The Morgan fingerprint density at radius 3 is 2.41 bits per heavy atom. The highest BCUT2D eigenvalue weighted by Crippen LogP contribution is 2.71. The second kappa shape index (κ2) is 11.8. The van der Waals surface area contributed by atoms with Crippen molar-refractivity contribution in [3.8, 4) is 0 Å². The van der Waals surface area contributed by atoms with E-state index in [1.807, 2.05) is 0 Å². The van der Waals surface area contributed by atoms with Crippen LogP contribution in [0.5, 0.6) is 0 Å². The summed E-state index contributed by atoms with van der Waals surface area (Å²) in [5.74, 6) is 4.84. The van der Waals surface area contributed by atoms with Crippen molar-refractivity contribution in [3.63, 3.8) is 0 Å². The number of nitrogens with one attached hydrogen (secondary N) is 3. The third kappa shape index (κ3) is 5.35. The molecule has 0 unspecified atom stereocenters. The van der Waals surface area contributed by atoms with E-state index >= 15 is 0 Å². The lowest BCUT2D eigenvalue weighted by atomic mass is 9.44. The maximum absolute atomic E-state index is 12.9. The number of hydrogen-bond donors (Lipinski definition) is 3. The van der Waals surface area contributed by atoms with Gasteiger partial charge in [-0.1, -0.05) is 27.7 Å². The molecule has 7 rings (SSSR count). The first-order chi connectivity index (χ1) is 21.0. The van der Waals surface area contributed by atoms with E-state index in [0.717, 1.165) is 69.2 Å². The topological polar surface area (TPSA) is 85.9 Å². The average Bonchev–Trinajstić information content (AvgIpc) is 3.44. The Morgan fingerprint density at radius 2 is 1.66 bits per heavy atom. The van der Waals surface area contributed by atoms with Crippen LogP contribution in [0, 0.1) is 52.3 Å². The van der Waals surface area contributed by atoms with Gasteiger partial charge in [0.15, 0.2) is 0 Å². The molecule has 7 fully saturated rings. The number of carbonyl (C=O) groups excluding carboxylic acids is 2. The summed E-state index contributed by atoms with van der Waals surface area (Å²) in [6, 6.07) is 0.207. The van der Waals surface area contributed by atoms with Gasteiger partial charge in [0.25, 0.3) is 0 Å². The molecule has 0 radical (unpaired) electrons. The minimum absolute atomic E-state index is 0.0597. The van der Waals surface area contributed by atoms with Crippen LogP contribution in [-0.4, -0.2) is 85.9 Å². The summed E-state index contributed by atoms with van der Waals surface area (Å²) in [5.41, 5.74) is 0.695. The maximum atomic E-state index is 12.9. The molecular weight excluding hydrogens is 550 g/mol. The van der Waals surface area contributed by atoms with Crippen molar-refractivity contribution in [1.29, 1.82) is 0 Å². The number of likely N-dealkylation sites (N-methyl/N-ethyl adjacent to an activating group) is 1. The predicted molar refractivity (Wildman–Crippen MR) is 172 cm³/mol. The Kier molecular flexibility index (Phi) is 8.41. The van der Waals surface area contributed by atoms with Crippen LogP contribution in [-0.2, 0) is 14.3 Å². The van der Waals surface area contributed by atoms with Gasteiger partial charge in [-0.05, 0) is 118 Å². The highest BCUT2D eigenvalue weighted by Gasteiger charge is 2.68. The summed E-state index contributed by atoms with van der Waals surface area (Å²) in [6.45, 7) is 15.7. The molecule has 8 nitrogen and oxygen atoms in total. The van der Waals surface area contributed by atoms with Gasteiger partial charge >= 0.3 is 0 Å². The Morgan fingerprint density at radius 1 is 0.886 bits per heavy atom. The molecule has 0 aromatic rings. The molecule has 2 amide bonds. The number of ether oxygens (including phenoxy) is 1. The first-order valence-corrected chi connectivity index (χ1v) is 18.4. The minimum Gasteiger partial charge on any atom is -0.357 e. The van der Waals surface area contributed by atoms with Crippen LogP contribution in [0.15, 0.2) is 0 Å². The Labute approximate surface area is 266 Å². The Hall–Kier alpha value is -1.22. The molecule has 0 aromatic carbocycles. The van der Waals surface area contributed by atoms with Crippen LogP contribution < -0.4 is 16.0 Å². The van der Waals surface area contributed by atoms with E-state index in [4.69, 9.17) is 4.74 Å². The summed E-state index contributed by atoms with van der Waals surface area (Å²) in [5, 5.41) is 10.2. The number of amides is 2. The molecule has 1 spiro atoms. The number of fused-ring (bicyclic) bond motifs is 7. The Bertz CT molecular complexity index is 1090. The molecule has 0 bridgehead atoms. The van der Waals surface area contributed by atoms with Gasteiger partial charge in [-0.25, -0.2) is 0 Å². The summed E-state index contributed by atoms with van der Waals surface area (Å²) in [7, 11) is 2.13. The van der Waals surface area contributed by atoms with Crippen molar-refractivity contribution in [3.05, 3.63) is 0 Å². The van der Waals surface area contributed by atoms with E-state index in [0.29, 0.717) is 41.4 Å². The number of nitrogens with zero attached hydrogens (tertiary/aromatic N) is 2. The molecule has 4 saturated carbocycles. The molecular formula is C36H61N5O3. The van der Waals surface area contributed by atoms with Crippen LogP contribution in [0.3, 0.4) is 0 Å². The van der Waals surface area contributed by atoms with Gasteiger partial charge in [-0.15, -0.1) is 0 Å². The number of carbonyl (C=O) groups is 2. The van der Waals surface area contributed by atoms with Gasteiger partial charge < -0.3 is 20.3 Å². The number of hydrogen-bond acceptors (Lipinski definition) is 6. The zero-order chi connectivity index (χ0) is 30.9. The molecule has 3 saturated heterocycles. The van der Waals surface area contributed by atoms with Crippen molar-refractivity contribution in [1.82, 2.24) is 25.8 Å². The molecule has 3 N–H and O–H groups in total. The van der Waals surface area contributed by atoms with Crippen LogP contribution in [0.2, 0.25) is 0 Å². The highest BCUT2D eigenvalue weighted by molar-refractivity contribution is 5.96. The second-order valence-corrected chi connectivity index (χ2v) is 17.2. The maximum Gasteiger partial charge on any atom is 0.230 e. The molecule has 3 aliphatic heterocycles. The van der Waals surface area contributed by atoms with Crippen molar-refractivity contribution in [2.45, 2.75) is 116 Å².